The van der Waals surface area contributed by atoms with Crippen molar-refractivity contribution in [1.82, 2.24) is 15.2 Å². The van der Waals surface area contributed by atoms with Crippen molar-refractivity contribution in [3.05, 3.63) is 29.0 Å². The van der Waals surface area contributed by atoms with Gasteiger partial charge in [0.25, 0.3) is 5.91 Å². The smallest absolute Gasteiger partial charge is 0.254 e. The highest BCUT2D eigenvalue weighted by molar-refractivity contribution is 6.33. The molecule has 0 saturated carbocycles. The first-order chi connectivity index (χ1) is 9.65. The van der Waals surface area contributed by atoms with Gasteiger partial charge in [0.2, 0.25) is 0 Å². The third-order valence-corrected chi connectivity index (χ3v) is 5.02. The third-order valence-electron chi connectivity index (χ3n) is 4.69. The van der Waals surface area contributed by atoms with Crippen LogP contribution in [0.2, 0.25) is 5.02 Å². The second-order valence-electron chi connectivity index (χ2n) is 5.90. The number of rotatable bonds is 2. The largest absolute Gasteiger partial charge is 0.349 e. The number of aromatic nitrogens is 1. The van der Waals surface area contributed by atoms with Crippen LogP contribution < -0.4 is 5.32 Å². The molecule has 1 aromatic rings. The second-order valence-corrected chi connectivity index (χ2v) is 6.31. The quantitative estimate of drug-likeness (QED) is 0.911. The minimum atomic E-state index is -0.101. The molecule has 3 heterocycles. The van der Waals surface area contributed by atoms with Crippen LogP contribution in [0.5, 0.6) is 0 Å². The summed E-state index contributed by atoms with van der Waals surface area (Å²) in [5.41, 5.74) is 0.471. The highest BCUT2D eigenvalue weighted by atomic mass is 35.5. The lowest BCUT2D eigenvalue weighted by molar-refractivity contribution is 0.0463. The van der Waals surface area contributed by atoms with Gasteiger partial charge in [-0.3, -0.25) is 9.78 Å². The number of hydrogen-bond donors (Lipinski definition) is 1. The molecule has 2 aliphatic heterocycles. The molecule has 2 fully saturated rings. The van der Waals surface area contributed by atoms with Gasteiger partial charge < -0.3 is 10.2 Å². The van der Waals surface area contributed by atoms with Crippen LogP contribution in [0.3, 0.4) is 0 Å². The van der Waals surface area contributed by atoms with Gasteiger partial charge in [-0.2, -0.15) is 0 Å². The fourth-order valence-corrected chi connectivity index (χ4v) is 3.73. The first-order valence-corrected chi connectivity index (χ1v) is 7.65. The Balaban J connectivity index is 1.67. The zero-order valence-corrected chi connectivity index (χ0v) is 12.4. The SMILES string of the molecule is CN1C2CCCC1CC(NC(=O)c1cnccc1Cl)C2. The number of nitrogens with zero attached hydrogens (tertiary/aromatic N) is 2. The maximum Gasteiger partial charge on any atom is 0.254 e. The van der Waals surface area contributed by atoms with Gasteiger partial charge in [0.1, 0.15) is 0 Å². The molecule has 4 nitrogen and oxygen atoms in total. The maximum absolute atomic E-state index is 12.3. The molecule has 20 heavy (non-hydrogen) atoms. The lowest BCUT2D eigenvalue weighted by atomic mass is 9.82. The number of fused-ring (bicyclic) bond motifs is 2. The molecule has 0 spiro atoms. The molecule has 0 aliphatic carbocycles. The number of carbonyl (C=O) groups excluding carboxylic acids is 1. The maximum atomic E-state index is 12.3. The summed E-state index contributed by atoms with van der Waals surface area (Å²) in [7, 11) is 2.21. The summed E-state index contributed by atoms with van der Waals surface area (Å²) in [6.45, 7) is 0. The number of hydrogen-bond acceptors (Lipinski definition) is 3. The number of amides is 1. The Morgan fingerprint density at radius 3 is 2.75 bits per heavy atom. The van der Waals surface area contributed by atoms with E-state index in [-0.39, 0.29) is 11.9 Å². The van der Waals surface area contributed by atoms with Gasteiger partial charge in [-0.15, -0.1) is 0 Å². The molecule has 2 saturated heterocycles. The predicted octanol–water partition coefficient (Wildman–Crippen LogP) is 2.48. The Hall–Kier alpha value is -1.13. The van der Waals surface area contributed by atoms with E-state index in [0.717, 1.165) is 12.8 Å². The molecule has 2 unspecified atom stereocenters. The van der Waals surface area contributed by atoms with E-state index >= 15 is 0 Å². The van der Waals surface area contributed by atoms with E-state index in [0.29, 0.717) is 22.7 Å². The van der Waals surface area contributed by atoms with E-state index in [1.807, 2.05) is 0 Å². The minimum absolute atomic E-state index is 0.101. The Kier molecular flexibility index (Phi) is 3.94. The third kappa shape index (κ3) is 2.67. The van der Waals surface area contributed by atoms with Crippen molar-refractivity contribution in [3.63, 3.8) is 0 Å². The van der Waals surface area contributed by atoms with Crippen molar-refractivity contribution in [3.8, 4) is 0 Å². The Labute approximate surface area is 124 Å². The summed E-state index contributed by atoms with van der Waals surface area (Å²) in [6, 6.07) is 3.12. The van der Waals surface area contributed by atoms with Crippen molar-refractivity contribution in [2.45, 2.75) is 50.2 Å². The van der Waals surface area contributed by atoms with Gasteiger partial charge in [-0.25, -0.2) is 0 Å². The summed E-state index contributed by atoms with van der Waals surface area (Å²) in [5, 5.41) is 3.60. The van der Waals surface area contributed by atoms with Gasteiger partial charge in [0, 0.05) is 30.5 Å². The van der Waals surface area contributed by atoms with Crippen LogP contribution in [0.4, 0.5) is 0 Å². The van der Waals surface area contributed by atoms with Crippen molar-refractivity contribution in [2.75, 3.05) is 7.05 Å². The predicted molar refractivity (Wildman–Crippen MR) is 78.9 cm³/mol. The minimum Gasteiger partial charge on any atom is -0.349 e. The lowest BCUT2D eigenvalue weighted by Gasteiger charge is -2.47. The number of carbonyl (C=O) groups is 1. The van der Waals surface area contributed by atoms with E-state index in [2.05, 4.69) is 22.2 Å². The molecule has 108 valence electrons. The number of halogens is 1. The fraction of sp³-hybridized carbons (Fsp3) is 0.600. The number of pyridine rings is 1. The first kappa shape index (κ1) is 13.8. The molecule has 3 rings (SSSR count). The summed E-state index contributed by atoms with van der Waals surface area (Å²) in [6.07, 6.45) is 9.01. The van der Waals surface area contributed by atoms with Crippen LogP contribution in [0.15, 0.2) is 18.5 Å². The molecule has 0 radical (unpaired) electrons. The highest BCUT2D eigenvalue weighted by Crippen LogP contribution is 2.32. The van der Waals surface area contributed by atoms with E-state index < -0.39 is 0 Å². The number of piperidine rings is 2. The van der Waals surface area contributed by atoms with Crippen molar-refractivity contribution >= 4 is 17.5 Å². The van der Waals surface area contributed by atoms with E-state index in [1.54, 1.807) is 12.3 Å². The summed E-state index contributed by atoms with van der Waals surface area (Å²) in [4.78, 5) is 18.8. The van der Waals surface area contributed by atoms with Crippen LogP contribution in [0.25, 0.3) is 0 Å². The molecule has 2 bridgehead atoms. The molecule has 2 atom stereocenters. The molecule has 1 N–H and O–H groups in total. The lowest BCUT2D eigenvalue weighted by Crippen LogP contribution is -2.55. The monoisotopic (exact) mass is 293 g/mol. The Morgan fingerprint density at radius 2 is 2.10 bits per heavy atom. The zero-order chi connectivity index (χ0) is 14.1. The van der Waals surface area contributed by atoms with E-state index in [9.17, 15) is 4.79 Å². The average Bonchev–Trinajstić information content (AvgIpc) is 2.40. The molecule has 0 aromatic carbocycles. The second kappa shape index (κ2) is 5.70. The standard InChI is InChI=1S/C15H20ClN3O/c1-19-11-3-2-4-12(19)8-10(7-11)18-15(20)13-9-17-6-5-14(13)16/h5-6,9-12H,2-4,7-8H2,1H3,(H,18,20). The molecular weight excluding hydrogens is 274 g/mol. The van der Waals surface area contributed by atoms with Crippen LogP contribution >= 0.6 is 11.6 Å². The van der Waals surface area contributed by atoms with Gasteiger partial charge in [0.05, 0.1) is 10.6 Å². The average molecular weight is 294 g/mol. The van der Waals surface area contributed by atoms with E-state index in [1.165, 1.54) is 25.5 Å². The Bertz CT molecular complexity index is 494. The Morgan fingerprint density at radius 1 is 1.40 bits per heavy atom. The first-order valence-electron chi connectivity index (χ1n) is 7.27. The molecule has 5 heteroatoms. The van der Waals surface area contributed by atoms with Gasteiger partial charge in [0.15, 0.2) is 0 Å². The van der Waals surface area contributed by atoms with Crippen LogP contribution in [-0.2, 0) is 0 Å². The normalized spacial score (nSPS) is 30.0. The molecular formula is C15H20ClN3O. The molecule has 2 aliphatic rings. The highest BCUT2D eigenvalue weighted by Gasteiger charge is 2.36. The van der Waals surface area contributed by atoms with Crippen LogP contribution in [0.1, 0.15) is 42.5 Å². The molecule has 1 aromatic heterocycles. The van der Waals surface area contributed by atoms with Gasteiger partial charge in [-0.05, 0) is 38.8 Å². The summed E-state index contributed by atoms with van der Waals surface area (Å²) < 4.78 is 0. The van der Waals surface area contributed by atoms with Gasteiger partial charge >= 0.3 is 0 Å². The van der Waals surface area contributed by atoms with Crippen molar-refractivity contribution < 1.29 is 4.79 Å². The van der Waals surface area contributed by atoms with Crippen molar-refractivity contribution in [1.29, 1.82) is 0 Å². The fourth-order valence-electron chi connectivity index (χ4n) is 3.54. The topological polar surface area (TPSA) is 45.2 Å². The summed E-state index contributed by atoms with van der Waals surface area (Å²) in [5.74, 6) is -0.101. The van der Waals surface area contributed by atoms with Gasteiger partial charge in [-0.1, -0.05) is 18.0 Å². The van der Waals surface area contributed by atoms with E-state index in [4.69, 9.17) is 11.6 Å². The van der Waals surface area contributed by atoms with Crippen molar-refractivity contribution in [2.24, 2.45) is 0 Å². The number of nitrogens with one attached hydrogen (secondary N) is 1. The molecule has 1 amide bonds. The van der Waals surface area contributed by atoms with Crippen LogP contribution in [0, 0.1) is 0 Å². The zero-order valence-electron chi connectivity index (χ0n) is 11.7. The van der Waals surface area contributed by atoms with Crippen LogP contribution in [-0.4, -0.2) is 41.0 Å². The summed E-state index contributed by atoms with van der Waals surface area (Å²) >= 11 is 6.05.